The summed E-state index contributed by atoms with van der Waals surface area (Å²) < 4.78 is 5.33. The van der Waals surface area contributed by atoms with Gasteiger partial charge in [-0.3, -0.25) is 10.1 Å². The topological polar surface area (TPSA) is 58.6 Å². The molecule has 0 aliphatic heterocycles. The number of benzene rings is 2. The molecule has 0 saturated carbocycles. The summed E-state index contributed by atoms with van der Waals surface area (Å²) in [7, 11) is 1.61. The van der Waals surface area contributed by atoms with Gasteiger partial charge in [0.15, 0.2) is 0 Å². The van der Waals surface area contributed by atoms with Gasteiger partial charge in [-0.05, 0) is 18.6 Å². The smallest absolute Gasteiger partial charge is 0.325 e. The van der Waals surface area contributed by atoms with E-state index in [-0.39, 0.29) is 6.04 Å². The van der Waals surface area contributed by atoms with Crippen molar-refractivity contribution in [1.29, 1.82) is 0 Å². The molecule has 2 atom stereocenters. The summed E-state index contributed by atoms with van der Waals surface area (Å²) in [6, 6.07) is 15.8. The molecule has 0 amide bonds. The van der Waals surface area contributed by atoms with Crippen molar-refractivity contribution in [2.24, 2.45) is 0 Å². The number of carbonyl (C=O) groups is 1. The second-order valence-electron chi connectivity index (χ2n) is 4.81. The summed E-state index contributed by atoms with van der Waals surface area (Å²) in [5.41, 5.74) is 1.66. The standard InChI is InChI=1S/C17H19NO3/c1-12(14-10-6-7-11-15(14)21-2)18-16(17(19)20)13-8-4-3-5-9-13/h3-12,16,18H,1-2H3,(H,19,20)/t12-,16?/m0/s1. The van der Waals surface area contributed by atoms with Gasteiger partial charge >= 0.3 is 5.97 Å². The number of carboxylic acids is 1. The Bertz CT molecular complexity index is 598. The second-order valence-corrected chi connectivity index (χ2v) is 4.81. The third-order valence-electron chi connectivity index (χ3n) is 3.40. The molecule has 4 nitrogen and oxygen atoms in total. The van der Waals surface area contributed by atoms with E-state index in [2.05, 4.69) is 5.32 Å². The van der Waals surface area contributed by atoms with Crippen LogP contribution in [0.25, 0.3) is 0 Å². The van der Waals surface area contributed by atoms with Crippen molar-refractivity contribution in [3.63, 3.8) is 0 Å². The molecular weight excluding hydrogens is 266 g/mol. The SMILES string of the molecule is COc1ccccc1[C@H](C)NC(C(=O)O)c1ccccc1. The molecule has 0 saturated heterocycles. The fourth-order valence-electron chi connectivity index (χ4n) is 2.32. The Kier molecular flexibility index (Phi) is 4.95. The van der Waals surface area contributed by atoms with Gasteiger partial charge in [0.25, 0.3) is 0 Å². The molecule has 110 valence electrons. The number of aliphatic carboxylic acids is 1. The highest BCUT2D eigenvalue weighted by Crippen LogP contribution is 2.27. The van der Waals surface area contributed by atoms with Crippen molar-refractivity contribution < 1.29 is 14.6 Å². The fraction of sp³-hybridized carbons (Fsp3) is 0.235. The first kappa shape index (κ1) is 15.1. The van der Waals surface area contributed by atoms with E-state index >= 15 is 0 Å². The van der Waals surface area contributed by atoms with Gasteiger partial charge in [0.05, 0.1) is 7.11 Å². The van der Waals surface area contributed by atoms with Crippen LogP contribution in [0.4, 0.5) is 0 Å². The van der Waals surface area contributed by atoms with E-state index in [1.807, 2.05) is 49.4 Å². The molecule has 0 heterocycles. The van der Waals surface area contributed by atoms with Crippen LogP contribution in [0.3, 0.4) is 0 Å². The summed E-state index contributed by atoms with van der Waals surface area (Å²) in [6.45, 7) is 1.93. The predicted molar refractivity (Wildman–Crippen MR) is 81.4 cm³/mol. The summed E-state index contributed by atoms with van der Waals surface area (Å²) in [4.78, 5) is 11.5. The van der Waals surface area contributed by atoms with Crippen LogP contribution in [-0.4, -0.2) is 18.2 Å². The number of hydrogen-bond acceptors (Lipinski definition) is 3. The van der Waals surface area contributed by atoms with Gasteiger partial charge in [-0.2, -0.15) is 0 Å². The first-order chi connectivity index (χ1) is 10.1. The second kappa shape index (κ2) is 6.90. The van der Waals surface area contributed by atoms with E-state index in [0.717, 1.165) is 16.9 Å². The summed E-state index contributed by atoms with van der Waals surface area (Å²) in [5, 5.41) is 12.6. The number of para-hydroxylation sites is 1. The van der Waals surface area contributed by atoms with E-state index in [0.29, 0.717) is 0 Å². The van der Waals surface area contributed by atoms with Gasteiger partial charge in [0.2, 0.25) is 0 Å². The lowest BCUT2D eigenvalue weighted by Gasteiger charge is -2.22. The summed E-state index contributed by atoms with van der Waals surface area (Å²) in [5.74, 6) is -0.155. The van der Waals surface area contributed by atoms with Gasteiger partial charge in [0.1, 0.15) is 11.8 Å². The minimum atomic E-state index is -0.900. The molecule has 0 spiro atoms. The predicted octanol–water partition coefficient (Wildman–Crippen LogP) is 3.17. The molecule has 0 aliphatic rings. The Labute approximate surface area is 124 Å². The minimum absolute atomic E-state index is 0.151. The Balaban J connectivity index is 2.23. The molecule has 0 bridgehead atoms. The first-order valence-electron chi connectivity index (χ1n) is 6.80. The average molecular weight is 285 g/mol. The lowest BCUT2D eigenvalue weighted by molar-refractivity contribution is -0.139. The van der Waals surface area contributed by atoms with Crippen molar-refractivity contribution in [3.8, 4) is 5.75 Å². The largest absolute Gasteiger partial charge is 0.496 e. The van der Waals surface area contributed by atoms with Crippen LogP contribution >= 0.6 is 0 Å². The Morgan fingerprint density at radius 2 is 1.71 bits per heavy atom. The first-order valence-corrected chi connectivity index (χ1v) is 6.80. The number of hydrogen-bond donors (Lipinski definition) is 2. The Morgan fingerprint density at radius 3 is 2.33 bits per heavy atom. The lowest BCUT2D eigenvalue weighted by Crippen LogP contribution is -2.30. The van der Waals surface area contributed by atoms with Gasteiger partial charge in [0, 0.05) is 11.6 Å². The van der Waals surface area contributed by atoms with Gasteiger partial charge < -0.3 is 9.84 Å². The molecule has 4 heteroatoms. The number of nitrogens with one attached hydrogen (secondary N) is 1. The van der Waals surface area contributed by atoms with Gasteiger partial charge in [-0.25, -0.2) is 0 Å². The van der Waals surface area contributed by atoms with E-state index in [1.165, 1.54) is 0 Å². The zero-order valence-corrected chi connectivity index (χ0v) is 12.1. The van der Waals surface area contributed by atoms with Crippen LogP contribution in [-0.2, 0) is 4.79 Å². The van der Waals surface area contributed by atoms with Gasteiger partial charge in [-0.1, -0.05) is 48.5 Å². The molecule has 0 aromatic heterocycles. The molecule has 1 unspecified atom stereocenters. The normalized spacial score (nSPS) is 13.4. The number of ether oxygens (including phenoxy) is 1. The lowest BCUT2D eigenvalue weighted by atomic mass is 10.0. The minimum Gasteiger partial charge on any atom is -0.496 e. The van der Waals surface area contributed by atoms with Crippen LogP contribution in [0.2, 0.25) is 0 Å². The molecule has 2 aromatic rings. The third kappa shape index (κ3) is 3.61. The molecule has 21 heavy (non-hydrogen) atoms. The highest BCUT2D eigenvalue weighted by Gasteiger charge is 2.23. The van der Waals surface area contributed by atoms with E-state index in [4.69, 9.17) is 4.74 Å². The van der Waals surface area contributed by atoms with Crippen LogP contribution in [0, 0.1) is 0 Å². The molecule has 2 N–H and O–H groups in total. The zero-order valence-electron chi connectivity index (χ0n) is 12.1. The maximum Gasteiger partial charge on any atom is 0.325 e. The molecule has 0 fully saturated rings. The zero-order chi connectivity index (χ0) is 15.2. The average Bonchev–Trinajstić information content (AvgIpc) is 2.52. The Hall–Kier alpha value is -2.33. The number of methoxy groups -OCH3 is 1. The van der Waals surface area contributed by atoms with Crippen molar-refractivity contribution >= 4 is 5.97 Å². The highest BCUT2D eigenvalue weighted by atomic mass is 16.5. The monoisotopic (exact) mass is 285 g/mol. The van der Waals surface area contributed by atoms with Crippen LogP contribution in [0.5, 0.6) is 5.75 Å². The maximum absolute atomic E-state index is 11.5. The quantitative estimate of drug-likeness (QED) is 0.856. The van der Waals surface area contributed by atoms with Gasteiger partial charge in [-0.15, -0.1) is 0 Å². The van der Waals surface area contributed by atoms with Crippen LogP contribution in [0.1, 0.15) is 30.1 Å². The third-order valence-corrected chi connectivity index (χ3v) is 3.40. The van der Waals surface area contributed by atoms with Crippen LogP contribution in [0.15, 0.2) is 54.6 Å². The van der Waals surface area contributed by atoms with Crippen LogP contribution < -0.4 is 10.1 Å². The molecule has 2 rings (SSSR count). The summed E-state index contributed by atoms with van der Waals surface area (Å²) >= 11 is 0. The number of rotatable bonds is 6. The highest BCUT2D eigenvalue weighted by molar-refractivity contribution is 5.75. The van der Waals surface area contributed by atoms with Crippen molar-refractivity contribution in [2.45, 2.75) is 19.0 Å². The van der Waals surface area contributed by atoms with E-state index in [1.54, 1.807) is 19.2 Å². The molecule has 0 aliphatic carbocycles. The number of carboxylic acid groups (broad SMARTS) is 1. The molecular formula is C17H19NO3. The van der Waals surface area contributed by atoms with Crippen molar-refractivity contribution in [1.82, 2.24) is 5.32 Å². The molecule has 0 radical (unpaired) electrons. The Morgan fingerprint density at radius 1 is 1.10 bits per heavy atom. The van der Waals surface area contributed by atoms with E-state index in [9.17, 15) is 9.90 Å². The molecule has 2 aromatic carbocycles. The van der Waals surface area contributed by atoms with Crippen molar-refractivity contribution in [3.05, 3.63) is 65.7 Å². The maximum atomic E-state index is 11.5. The summed E-state index contributed by atoms with van der Waals surface area (Å²) in [6.07, 6.45) is 0. The fourth-order valence-corrected chi connectivity index (χ4v) is 2.32. The van der Waals surface area contributed by atoms with Crippen molar-refractivity contribution in [2.75, 3.05) is 7.11 Å². The van der Waals surface area contributed by atoms with E-state index < -0.39 is 12.0 Å².